The number of nitrogens with zero attached hydrogens (tertiary/aromatic N) is 1. The van der Waals surface area contributed by atoms with Crippen molar-refractivity contribution < 1.29 is 28.8 Å². The van der Waals surface area contributed by atoms with Crippen molar-refractivity contribution in [2.45, 2.75) is 18.9 Å². The van der Waals surface area contributed by atoms with Crippen LogP contribution in [0, 0.1) is 5.92 Å². The fourth-order valence-electron chi connectivity index (χ4n) is 4.17. The van der Waals surface area contributed by atoms with E-state index in [-0.39, 0.29) is 12.0 Å². The minimum absolute atomic E-state index is 0.200. The third-order valence-electron chi connectivity index (χ3n) is 5.77. The monoisotopic (exact) mass is 493 g/mol. The molecule has 3 rings (SSSR count). The molecule has 1 aliphatic rings. The van der Waals surface area contributed by atoms with Crippen LogP contribution in [0.5, 0.6) is 23.0 Å². The molecule has 0 spiro atoms. The maximum absolute atomic E-state index is 11.5. The Hall–Kier alpha value is -2.45. The van der Waals surface area contributed by atoms with E-state index in [9.17, 15) is 9.90 Å². The number of hydrogen-bond acceptors (Lipinski definition) is 6. The van der Waals surface area contributed by atoms with E-state index in [0.717, 1.165) is 15.6 Å². The number of methoxy groups -OCH3 is 4. The van der Waals surface area contributed by atoms with Crippen LogP contribution in [0.4, 0.5) is 0 Å². The van der Waals surface area contributed by atoms with Gasteiger partial charge in [-0.25, -0.2) is 0 Å². The second kappa shape index (κ2) is 10.2. The molecule has 8 heteroatoms. The van der Waals surface area contributed by atoms with E-state index in [1.54, 1.807) is 28.4 Å². The number of carboxylic acids is 1. The largest absolute Gasteiger partial charge is 0.493 e. The van der Waals surface area contributed by atoms with E-state index in [4.69, 9.17) is 18.9 Å². The lowest BCUT2D eigenvalue weighted by Crippen LogP contribution is -2.39. The van der Waals surface area contributed by atoms with Gasteiger partial charge in [-0.2, -0.15) is 0 Å². The number of piperidine rings is 1. The first kappa shape index (κ1) is 23.2. The molecular weight excluding hydrogens is 466 g/mol. The number of ether oxygens (including phenoxy) is 4. The number of hydrogen-bond donors (Lipinski definition) is 1. The zero-order valence-electron chi connectivity index (χ0n) is 18.2. The zero-order valence-corrected chi connectivity index (χ0v) is 19.8. The van der Waals surface area contributed by atoms with Crippen molar-refractivity contribution in [1.29, 1.82) is 0 Å². The molecule has 31 heavy (non-hydrogen) atoms. The Bertz CT molecular complexity index is 927. The van der Waals surface area contributed by atoms with Crippen molar-refractivity contribution in [2.75, 3.05) is 41.5 Å². The summed E-state index contributed by atoms with van der Waals surface area (Å²) in [5, 5.41) is 9.42. The lowest BCUT2D eigenvalue weighted by atomic mass is 9.90. The minimum Gasteiger partial charge on any atom is -0.493 e. The average Bonchev–Trinajstić information content (AvgIpc) is 2.79. The number of likely N-dealkylation sites (tertiary alicyclic amines) is 1. The van der Waals surface area contributed by atoms with Gasteiger partial charge in [0.2, 0.25) is 0 Å². The third kappa shape index (κ3) is 4.75. The van der Waals surface area contributed by atoms with Crippen molar-refractivity contribution in [3.63, 3.8) is 0 Å². The van der Waals surface area contributed by atoms with Gasteiger partial charge in [0.25, 0.3) is 0 Å². The summed E-state index contributed by atoms with van der Waals surface area (Å²) in [5.41, 5.74) is 1.90. The van der Waals surface area contributed by atoms with Crippen LogP contribution in [0.2, 0.25) is 0 Å². The normalized spacial score (nSPS) is 15.9. The summed E-state index contributed by atoms with van der Waals surface area (Å²) in [6.07, 6.45) is 1.17. The number of rotatable bonds is 8. The molecule has 1 fully saturated rings. The van der Waals surface area contributed by atoms with Crippen molar-refractivity contribution >= 4 is 21.9 Å². The second-order valence-electron chi connectivity index (χ2n) is 7.36. The number of carboxylic acid groups (broad SMARTS) is 1. The first-order valence-electron chi connectivity index (χ1n) is 10.0. The molecule has 1 unspecified atom stereocenters. The lowest BCUT2D eigenvalue weighted by molar-refractivity contribution is -0.143. The summed E-state index contributed by atoms with van der Waals surface area (Å²) >= 11 is 3.70. The smallest absolute Gasteiger partial charge is 0.306 e. The molecule has 1 atom stereocenters. The molecule has 0 saturated carbocycles. The summed E-state index contributed by atoms with van der Waals surface area (Å²) in [6, 6.07) is 9.45. The Kier molecular flexibility index (Phi) is 7.67. The number of halogens is 1. The van der Waals surface area contributed by atoms with Crippen LogP contribution in [-0.2, 0) is 4.79 Å². The van der Waals surface area contributed by atoms with Gasteiger partial charge < -0.3 is 24.1 Å². The number of para-hydroxylation sites is 1. The van der Waals surface area contributed by atoms with Crippen LogP contribution in [0.15, 0.2) is 34.8 Å². The number of carbonyl (C=O) groups is 1. The predicted molar refractivity (Wildman–Crippen MR) is 121 cm³/mol. The average molecular weight is 494 g/mol. The van der Waals surface area contributed by atoms with E-state index in [2.05, 4.69) is 20.8 Å². The molecule has 1 aliphatic heterocycles. The highest BCUT2D eigenvalue weighted by Gasteiger charge is 2.33. The van der Waals surface area contributed by atoms with E-state index in [1.807, 2.05) is 30.3 Å². The maximum atomic E-state index is 11.5. The topological polar surface area (TPSA) is 77.5 Å². The Labute approximate surface area is 191 Å². The second-order valence-corrected chi connectivity index (χ2v) is 8.22. The summed E-state index contributed by atoms with van der Waals surface area (Å²) < 4.78 is 23.1. The Morgan fingerprint density at radius 3 is 2.13 bits per heavy atom. The molecule has 168 valence electrons. The van der Waals surface area contributed by atoms with E-state index < -0.39 is 5.97 Å². The molecule has 1 heterocycles. The molecule has 2 aromatic rings. The van der Waals surface area contributed by atoms with Crippen molar-refractivity contribution in [2.24, 2.45) is 5.92 Å². The molecule has 0 radical (unpaired) electrons. The quantitative estimate of drug-likeness (QED) is 0.584. The van der Waals surface area contributed by atoms with Gasteiger partial charge in [-0.3, -0.25) is 9.69 Å². The fraction of sp³-hybridized carbons (Fsp3) is 0.435. The highest BCUT2D eigenvalue weighted by molar-refractivity contribution is 9.10. The van der Waals surface area contributed by atoms with Crippen molar-refractivity contribution in [1.82, 2.24) is 4.90 Å². The molecule has 0 bridgehead atoms. The molecule has 2 aromatic carbocycles. The highest BCUT2D eigenvalue weighted by Crippen LogP contribution is 2.45. The summed E-state index contributed by atoms with van der Waals surface area (Å²) in [6.45, 7) is 1.28. The standard InChI is InChI=1S/C23H28BrNO6/c1-28-18-7-5-6-15(22(18)31-4)21(25-10-8-14(9-11-25)23(26)27)16-12-19(29-2)20(30-3)13-17(16)24/h5-7,12-14,21H,8-11H2,1-4H3,(H,26,27). The summed E-state index contributed by atoms with van der Waals surface area (Å²) in [7, 11) is 6.44. The first-order valence-corrected chi connectivity index (χ1v) is 10.8. The molecule has 1 N–H and O–H groups in total. The van der Waals surface area contributed by atoms with E-state index in [1.165, 1.54) is 0 Å². The predicted octanol–water partition coefficient (Wildman–Crippen LogP) is 4.37. The molecule has 7 nitrogen and oxygen atoms in total. The van der Waals surface area contributed by atoms with Gasteiger partial charge >= 0.3 is 5.97 Å². The molecular formula is C23H28BrNO6. The first-order chi connectivity index (χ1) is 14.9. The fourth-order valence-corrected chi connectivity index (χ4v) is 4.71. The van der Waals surface area contributed by atoms with E-state index in [0.29, 0.717) is 48.9 Å². The van der Waals surface area contributed by atoms with Gasteiger partial charge in [-0.1, -0.05) is 28.1 Å². The van der Waals surface area contributed by atoms with Gasteiger partial charge in [0.05, 0.1) is 40.4 Å². The maximum Gasteiger partial charge on any atom is 0.306 e. The van der Waals surface area contributed by atoms with Crippen LogP contribution in [0.1, 0.15) is 30.0 Å². The Morgan fingerprint density at radius 1 is 0.968 bits per heavy atom. The minimum atomic E-state index is -0.734. The number of benzene rings is 2. The highest BCUT2D eigenvalue weighted by atomic mass is 79.9. The van der Waals surface area contributed by atoms with Gasteiger partial charge in [0.1, 0.15) is 0 Å². The van der Waals surface area contributed by atoms with Crippen LogP contribution in [0.25, 0.3) is 0 Å². The Balaban J connectivity index is 2.14. The molecule has 0 amide bonds. The summed E-state index contributed by atoms with van der Waals surface area (Å²) in [5.74, 6) is 1.48. The van der Waals surface area contributed by atoms with Crippen LogP contribution < -0.4 is 18.9 Å². The third-order valence-corrected chi connectivity index (χ3v) is 6.46. The summed E-state index contributed by atoms with van der Waals surface area (Å²) in [4.78, 5) is 13.8. The molecule has 1 saturated heterocycles. The van der Waals surface area contributed by atoms with Gasteiger partial charge in [0.15, 0.2) is 23.0 Å². The molecule has 0 aliphatic carbocycles. The Morgan fingerprint density at radius 2 is 1.58 bits per heavy atom. The molecule has 0 aromatic heterocycles. The van der Waals surface area contributed by atoms with E-state index >= 15 is 0 Å². The SMILES string of the molecule is COc1cc(Br)c(C(c2cccc(OC)c2OC)N2CCC(C(=O)O)CC2)cc1OC. The van der Waals surface area contributed by atoms with Gasteiger partial charge in [0, 0.05) is 10.0 Å². The van der Waals surface area contributed by atoms with Crippen LogP contribution >= 0.6 is 15.9 Å². The number of aliphatic carboxylic acids is 1. The van der Waals surface area contributed by atoms with Crippen molar-refractivity contribution in [3.8, 4) is 23.0 Å². The van der Waals surface area contributed by atoms with Gasteiger partial charge in [-0.15, -0.1) is 0 Å². The zero-order chi connectivity index (χ0) is 22.5. The van der Waals surface area contributed by atoms with Gasteiger partial charge in [-0.05, 0) is 49.7 Å². The lowest BCUT2D eigenvalue weighted by Gasteiger charge is -2.38. The van der Waals surface area contributed by atoms with Crippen molar-refractivity contribution in [3.05, 3.63) is 45.9 Å². The van der Waals surface area contributed by atoms with Crippen LogP contribution in [-0.4, -0.2) is 57.5 Å². The van der Waals surface area contributed by atoms with Crippen LogP contribution in [0.3, 0.4) is 0 Å².